The predicted octanol–water partition coefficient (Wildman–Crippen LogP) is 5.29. The Kier molecular flexibility index (Phi) is 10.4. The minimum absolute atomic E-state index is 0.0105. The van der Waals surface area contributed by atoms with Gasteiger partial charge in [0.25, 0.3) is 5.91 Å². The van der Waals surface area contributed by atoms with Gasteiger partial charge >= 0.3 is 6.09 Å². The van der Waals surface area contributed by atoms with Crippen LogP contribution in [0.4, 0.5) is 4.79 Å². The van der Waals surface area contributed by atoms with Crippen LogP contribution in [-0.4, -0.2) is 88.2 Å². The van der Waals surface area contributed by atoms with E-state index in [9.17, 15) is 27.6 Å². The number of hydrogen-bond donors (Lipinski definition) is 3. The van der Waals surface area contributed by atoms with Gasteiger partial charge in [0, 0.05) is 17.7 Å². The van der Waals surface area contributed by atoms with Crippen molar-refractivity contribution in [2.24, 2.45) is 5.92 Å². The maximum atomic E-state index is 14.7. The zero-order valence-corrected chi connectivity index (χ0v) is 33.5. The fraction of sp³-hybridized carbons (Fsp3) is 0.476. The number of nitrogens with zero attached hydrogens (tertiary/aromatic N) is 3. The van der Waals surface area contributed by atoms with Crippen molar-refractivity contribution < 1.29 is 41.5 Å². The molecule has 2 aliphatic heterocycles. The van der Waals surface area contributed by atoms with Crippen molar-refractivity contribution in [3.8, 4) is 17.3 Å². The Bertz CT molecular complexity index is 2370. The van der Waals surface area contributed by atoms with Gasteiger partial charge in [0.2, 0.25) is 27.7 Å². The van der Waals surface area contributed by atoms with Gasteiger partial charge in [-0.25, -0.2) is 23.2 Å². The van der Waals surface area contributed by atoms with Gasteiger partial charge in [-0.15, -0.1) is 0 Å². The van der Waals surface area contributed by atoms with Gasteiger partial charge in [-0.05, 0) is 83.6 Å². The molecule has 0 spiro atoms. The summed E-state index contributed by atoms with van der Waals surface area (Å²) in [4.78, 5) is 67.2. The SMILES string of the molecule is CC(C)(C)OC(=O)N[C@H]1CCCCC/C=C\[C@@H]2C[C@@]2(C(=O)NS(=O)(=O)C2CC2)NC(=O)[C@@H]2C[C@@H](Oc3nc4ccccc4nc3-c3cc4ccccc4o3)CN2C1=O. The molecule has 306 valence electrons. The van der Waals surface area contributed by atoms with Crippen LogP contribution in [0.5, 0.6) is 5.88 Å². The number of fused-ring (bicyclic) bond motifs is 4. The van der Waals surface area contributed by atoms with Crippen molar-refractivity contribution in [1.29, 1.82) is 0 Å². The molecule has 2 aromatic carbocycles. The molecule has 2 saturated carbocycles. The number of carbonyl (C=O) groups excluding carboxylic acids is 4. The van der Waals surface area contributed by atoms with E-state index in [0.29, 0.717) is 60.2 Å². The van der Waals surface area contributed by atoms with Crippen LogP contribution in [0, 0.1) is 5.92 Å². The maximum absolute atomic E-state index is 14.7. The minimum Gasteiger partial charge on any atom is -0.471 e. The smallest absolute Gasteiger partial charge is 0.408 e. The second-order valence-corrected chi connectivity index (χ2v) is 18.7. The first-order valence-corrected chi connectivity index (χ1v) is 21.5. The summed E-state index contributed by atoms with van der Waals surface area (Å²) in [5.74, 6) is -1.87. The number of allylic oxidation sites excluding steroid dienone is 1. The van der Waals surface area contributed by atoms with Gasteiger partial charge in [0.05, 0.1) is 22.8 Å². The molecule has 0 bridgehead atoms. The molecule has 3 fully saturated rings. The van der Waals surface area contributed by atoms with Gasteiger partial charge in [-0.3, -0.25) is 19.1 Å². The Morgan fingerprint density at radius 3 is 2.47 bits per heavy atom. The molecule has 2 aliphatic carbocycles. The number of alkyl carbamates (subject to hydrolysis) is 1. The number of carbonyl (C=O) groups is 4. The second kappa shape index (κ2) is 15.3. The highest BCUT2D eigenvalue weighted by Gasteiger charge is 2.62. The number of para-hydroxylation sites is 3. The number of furan rings is 1. The van der Waals surface area contributed by atoms with Crippen LogP contribution in [0.2, 0.25) is 0 Å². The third-order valence-corrected chi connectivity index (χ3v) is 12.8. The number of sulfonamides is 1. The van der Waals surface area contributed by atoms with Gasteiger partial charge in [0.15, 0.2) is 11.5 Å². The molecule has 1 saturated heterocycles. The third-order valence-electron chi connectivity index (χ3n) is 11.0. The highest BCUT2D eigenvalue weighted by Crippen LogP contribution is 2.46. The molecule has 58 heavy (non-hydrogen) atoms. The summed E-state index contributed by atoms with van der Waals surface area (Å²) in [6.07, 6.45) is 6.45. The van der Waals surface area contributed by atoms with Crippen molar-refractivity contribution in [2.75, 3.05) is 6.54 Å². The van der Waals surface area contributed by atoms with Crippen molar-refractivity contribution in [2.45, 2.75) is 113 Å². The highest BCUT2D eigenvalue weighted by molar-refractivity contribution is 7.91. The molecular weight excluding hydrogens is 765 g/mol. The molecule has 4 aliphatic rings. The van der Waals surface area contributed by atoms with E-state index in [1.807, 2.05) is 60.7 Å². The van der Waals surface area contributed by atoms with Crippen molar-refractivity contribution in [3.63, 3.8) is 0 Å². The van der Waals surface area contributed by atoms with Gasteiger partial charge in [-0.1, -0.05) is 55.3 Å². The zero-order chi connectivity index (χ0) is 40.8. The molecule has 5 atom stereocenters. The largest absolute Gasteiger partial charge is 0.471 e. The van der Waals surface area contributed by atoms with E-state index in [1.165, 1.54) is 4.90 Å². The summed E-state index contributed by atoms with van der Waals surface area (Å²) in [6.45, 7) is 5.10. The summed E-state index contributed by atoms with van der Waals surface area (Å²) < 4.78 is 46.4. The Morgan fingerprint density at radius 1 is 0.983 bits per heavy atom. The highest BCUT2D eigenvalue weighted by atomic mass is 32.2. The fourth-order valence-electron chi connectivity index (χ4n) is 7.78. The number of aromatic nitrogens is 2. The minimum atomic E-state index is -3.92. The lowest BCUT2D eigenvalue weighted by molar-refractivity contribution is -0.141. The number of hydrogen-bond acceptors (Lipinski definition) is 11. The van der Waals surface area contributed by atoms with Crippen LogP contribution in [0.25, 0.3) is 33.5 Å². The molecule has 15 nitrogen and oxygen atoms in total. The Morgan fingerprint density at radius 2 is 1.72 bits per heavy atom. The van der Waals surface area contributed by atoms with Crippen LogP contribution >= 0.6 is 0 Å². The van der Waals surface area contributed by atoms with Crippen LogP contribution in [0.3, 0.4) is 0 Å². The van der Waals surface area contributed by atoms with E-state index >= 15 is 0 Å². The quantitative estimate of drug-likeness (QED) is 0.205. The van der Waals surface area contributed by atoms with Crippen LogP contribution in [-0.2, 0) is 29.1 Å². The van der Waals surface area contributed by atoms with E-state index < -0.39 is 74.3 Å². The average molecular weight is 813 g/mol. The van der Waals surface area contributed by atoms with E-state index in [4.69, 9.17) is 23.9 Å². The molecule has 4 heterocycles. The van der Waals surface area contributed by atoms with Crippen molar-refractivity contribution >= 4 is 55.8 Å². The third kappa shape index (κ3) is 8.38. The van der Waals surface area contributed by atoms with Crippen LogP contribution in [0.1, 0.15) is 78.6 Å². The number of ether oxygens (including phenoxy) is 2. The van der Waals surface area contributed by atoms with Crippen LogP contribution in [0.15, 0.2) is 71.2 Å². The number of rotatable bonds is 7. The Labute approximate surface area is 336 Å². The summed E-state index contributed by atoms with van der Waals surface area (Å²) in [5.41, 5.74) is -0.213. The summed E-state index contributed by atoms with van der Waals surface area (Å²) in [5, 5.41) is 5.85. The first-order chi connectivity index (χ1) is 27.7. The predicted molar refractivity (Wildman–Crippen MR) is 214 cm³/mol. The Balaban J connectivity index is 1.13. The average Bonchev–Trinajstić information content (AvgIpc) is 4.06. The summed E-state index contributed by atoms with van der Waals surface area (Å²) in [7, 11) is -3.92. The van der Waals surface area contributed by atoms with Crippen molar-refractivity contribution in [3.05, 3.63) is 66.7 Å². The number of benzene rings is 2. The molecule has 8 rings (SSSR count). The zero-order valence-electron chi connectivity index (χ0n) is 32.7. The first-order valence-electron chi connectivity index (χ1n) is 20.0. The molecule has 4 amide bonds. The molecular formula is C42H48N6O9S. The lowest BCUT2D eigenvalue weighted by atomic mass is 10.0. The van der Waals surface area contributed by atoms with Crippen molar-refractivity contribution in [1.82, 2.24) is 30.2 Å². The Hall–Kier alpha value is -5.51. The standard InChI is InChI=1S/C42H48N6O9S/c1-41(2,3)57-40(52)45-31-17-8-6-4-5-7-14-26-23-42(26,39(51)47-58(53,54)28-19-20-28)46-36(49)32-22-27(24-48(32)38(31)50)55-37-35(43-29-15-10-11-16-30(29)44-37)34-21-25-13-9-12-18-33(25)56-34/h7,9-16,18,21,26-28,31-32H,4-6,8,17,19-20,22-24H2,1-3H3,(H,45,52)(H,46,49)(H,47,51)/b14-7-/t26-,27-,31+,32+,42-/m1/s1. The van der Waals surface area contributed by atoms with E-state index in [1.54, 1.807) is 26.8 Å². The first kappa shape index (κ1) is 39.3. The monoisotopic (exact) mass is 812 g/mol. The van der Waals surface area contributed by atoms with E-state index in [-0.39, 0.29) is 25.3 Å². The molecule has 3 N–H and O–H groups in total. The lowest BCUT2D eigenvalue weighted by Gasteiger charge is -2.30. The van der Waals surface area contributed by atoms with Crippen LogP contribution < -0.4 is 20.1 Å². The van der Waals surface area contributed by atoms with Gasteiger partial charge in [-0.2, -0.15) is 0 Å². The normalized spacial score (nSPS) is 26.1. The maximum Gasteiger partial charge on any atom is 0.408 e. The van der Waals surface area contributed by atoms with E-state index in [0.717, 1.165) is 18.2 Å². The summed E-state index contributed by atoms with van der Waals surface area (Å²) >= 11 is 0. The molecule has 2 aromatic heterocycles. The molecule has 0 radical (unpaired) electrons. The molecule has 16 heteroatoms. The summed E-state index contributed by atoms with van der Waals surface area (Å²) in [6, 6.07) is 14.5. The molecule has 4 aromatic rings. The number of nitrogens with one attached hydrogen (secondary N) is 3. The molecule has 0 unspecified atom stereocenters. The topological polar surface area (TPSA) is 199 Å². The number of amides is 4. The van der Waals surface area contributed by atoms with E-state index in [2.05, 4.69) is 15.4 Å². The lowest BCUT2D eigenvalue weighted by Crippen LogP contribution is -2.58. The fourth-order valence-corrected chi connectivity index (χ4v) is 9.14. The second-order valence-electron chi connectivity index (χ2n) is 16.7. The van der Waals surface area contributed by atoms with Gasteiger partial charge in [0.1, 0.15) is 34.9 Å². The van der Waals surface area contributed by atoms with Gasteiger partial charge < -0.3 is 29.4 Å².